The Balaban J connectivity index is 2.28. The van der Waals surface area contributed by atoms with Crippen molar-refractivity contribution in [2.75, 3.05) is 0 Å². The van der Waals surface area contributed by atoms with Gasteiger partial charge in [0.25, 0.3) is 0 Å². The van der Waals surface area contributed by atoms with E-state index in [1.807, 2.05) is 0 Å². The van der Waals surface area contributed by atoms with Gasteiger partial charge in [-0.2, -0.15) is 0 Å². The molecule has 0 amide bonds. The Labute approximate surface area is 104 Å². The molecule has 0 aromatic rings. The molecule has 3 unspecified atom stereocenters. The van der Waals surface area contributed by atoms with Gasteiger partial charge in [-0.25, -0.2) is 0 Å². The predicted molar refractivity (Wildman–Crippen MR) is 66.3 cm³/mol. The van der Waals surface area contributed by atoms with Gasteiger partial charge in [0, 0.05) is 0 Å². The van der Waals surface area contributed by atoms with Gasteiger partial charge >= 0.3 is 11.9 Å². The summed E-state index contributed by atoms with van der Waals surface area (Å²) in [5.74, 6) is -0.622. The molecule has 1 saturated heterocycles. The third-order valence-electron chi connectivity index (χ3n) is 3.69. The molecule has 0 aromatic heterocycles. The highest BCUT2D eigenvalue weighted by Crippen LogP contribution is 2.30. The maximum atomic E-state index is 11.5. The summed E-state index contributed by atoms with van der Waals surface area (Å²) in [6.07, 6.45) is 6.95. The number of carbonyl (C=O) groups is 2. The molecule has 0 bridgehead atoms. The molecule has 98 valence electrons. The Morgan fingerprint density at radius 3 is 2.41 bits per heavy atom. The molecule has 0 saturated carbocycles. The monoisotopic (exact) mass is 240 g/mol. The van der Waals surface area contributed by atoms with Gasteiger partial charge in [0.15, 0.2) is 0 Å². The lowest BCUT2D eigenvalue weighted by atomic mass is 9.86. The zero-order chi connectivity index (χ0) is 12.8. The van der Waals surface area contributed by atoms with Crippen molar-refractivity contribution in [2.45, 2.75) is 59.3 Å². The van der Waals surface area contributed by atoms with Gasteiger partial charge in [0.05, 0.1) is 11.8 Å². The largest absolute Gasteiger partial charge is 0.393 e. The second-order valence-corrected chi connectivity index (χ2v) is 5.33. The Morgan fingerprint density at radius 2 is 1.88 bits per heavy atom. The minimum atomic E-state index is -0.349. The van der Waals surface area contributed by atoms with Crippen molar-refractivity contribution < 1.29 is 14.3 Å². The molecule has 3 nitrogen and oxygen atoms in total. The molecule has 0 N–H and O–H groups in total. The Bertz CT molecular complexity index is 273. The van der Waals surface area contributed by atoms with Crippen LogP contribution in [-0.4, -0.2) is 11.9 Å². The molecule has 0 aromatic carbocycles. The summed E-state index contributed by atoms with van der Waals surface area (Å²) in [7, 11) is 0. The molecule has 1 aliphatic rings. The third kappa shape index (κ3) is 4.14. The molecule has 17 heavy (non-hydrogen) atoms. The van der Waals surface area contributed by atoms with E-state index in [-0.39, 0.29) is 23.8 Å². The standard InChI is InChI=1S/C14H24O3/c1-4-5-6-7-8-10(2)9-12-11(3)13(15)17-14(12)16/h10-12H,4-9H2,1-3H3. The summed E-state index contributed by atoms with van der Waals surface area (Å²) in [5.41, 5.74) is 0. The maximum absolute atomic E-state index is 11.5. The van der Waals surface area contributed by atoms with Crippen LogP contribution in [0.15, 0.2) is 0 Å². The zero-order valence-electron chi connectivity index (χ0n) is 11.2. The van der Waals surface area contributed by atoms with E-state index >= 15 is 0 Å². The Morgan fingerprint density at radius 1 is 1.18 bits per heavy atom. The van der Waals surface area contributed by atoms with Crippen molar-refractivity contribution in [3.63, 3.8) is 0 Å². The van der Waals surface area contributed by atoms with Crippen LogP contribution < -0.4 is 0 Å². The average Bonchev–Trinajstić information content (AvgIpc) is 2.52. The summed E-state index contributed by atoms with van der Waals surface area (Å²) >= 11 is 0. The van der Waals surface area contributed by atoms with Gasteiger partial charge < -0.3 is 4.74 Å². The predicted octanol–water partition coefficient (Wildman–Crippen LogP) is 3.32. The second-order valence-electron chi connectivity index (χ2n) is 5.33. The van der Waals surface area contributed by atoms with Crippen LogP contribution in [0.2, 0.25) is 0 Å². The van der Waals surface area contributed by atoms with E-state index in [1.54, 1.807) is 6.92 Å². The summed E-state index contributed by atoms with van der Waals surface area (Å²) in [6.45, 7) is 6.15. The van der Waals surface area contributed by atoms with E-state index in [2.05, 4.69) is 18.6 Å². The fourth-order valence-corrected chi connectivity index (χ4v) is 2.41. The van der Waals surface area contributed by atoms with Crippen LogP contribution in [0, 0.1) is 17.8 Å². The first kappa shape index (κ1) is 14.2. The average molecular weight is 240 g/mol. The smallest absolute Gasteiger partial charge is 0.317 e. The molecule has 0 spiro atoms. The highest BCUT2D eigenvalue weighted by atomic mass is 16.6. The molecular formula is C14H24O3. The number of unbranched alkanes of at least 4 members (excludes halogenated alkanes) is 3. The first-order valence-corrected chi connectivity index (χ1v) is 6.81. The quantitative estimate of drug-likeness (QED) is 0.389. The van der Waals surface area contributed by atoms with Gasteiger partial charge in [-0.3, -0.25) is 9.59 Å². The minimum Gasteiger partial charge on any atom is -0.393 e. The maximum Gasteiger partial charge on any atom is 0.317 e. The van der Waals surface area contributed by atoms with E-state index < -0.39 is 0 Å². The first-order valence-electron chi connectivity index (χ1n) is 6.81. The molecule has 1 aliphatic heterocycles. The van der Waals surface area contributed by atoms with Gasteiger partial charge in [-0.1, -0.05) is 52.9 Å². The van der Waals surface area contributed by atoms with Crippen molar-refractivity contribution in [1.29, 1.82) is 0 Å². The first-order chi connectivity index (χ1) is 8.06. The fourth-order valence-electron chi connectivity index (χ4n) is 2.41. The van der Waals surface area contributed by atoms with Gasteiger partial charge in [0.1, 0.15) is 0 Å². The van der Waals surface area contributed by atoms with Crippen LogP contribution in [0.5, 0.6) is 0 Å². The fraction of sp³-hybridized carbons (Fsp3) is 0.857. The summed E-state index contributed by atoms with van der Waals surface area (Å²) in [5, 5.41) is 0. The summed E-state index contributed by atoms with van der Waals surface area (Å²) < 4.78 is 4.65. The summed E-state index contributed by atoms with van der Waals surface area (Å²) in [4.78, 5) is 22.7. The zero-order valence-corrected chi connectivity index (χ0v) is 11.2. The lowest BCUT2D eigenvalue weighted by Gasteiger charge is -2.15. The minimum absolute atomic E-state index is 0.205. The van der Waals surface area contributed by atoms with Gasteiger partial charge in [0.2, 0.25) is 0 Å². The van der Waals surface area contributed by atoms with Crippen LogP contribution in [0.4, 0.5) is 0 Å². The van der Waals surface area contributed by atoms with Crippen LogP contribution in [0.25, 0.3) is 0 Å². The lowest BCUT2D eigenvalue weighted by Crippen LogP contribution is -2.17. The van der Waals surface area contributed by atoms with Crippen molar-refractivity contribution in [1.82, 2.24) is 0 Å². The SMILES string of the molecule is CCCCCCC(C)CC1C(=O)OC(=O)C1C. The number of rotatable bonds is 7. The summed E-state index contributed by atoms with van der Waals surface area (Å²) in [6, 6.07) is 0. The molecular weight excluding hydrogens is 216 g/mol. The van der Waals surface area contributed by atoms with E-state index in [0.717, 1.165) is 12.8 Å². The van der Waals surface area contributed by atoms with Crippen molar-refractivity contribution in [2.24, 2.45) is 17.8 Å². The highest BCUT2D eigenvalue weighted by molar-refractivity contribution is 5.96. The molecule has 3 heteroatoms. The van der Waals surface area contributed by atoms with Crippen LogP contribution in [0.3, 0.4) is 0 Å². The van der Waals surface area contributed by atoms with E-state index in [1.165, 1.54) is 25.7 Å². The third-order valence-corrected chi connectivity index (χ3v) is 3.69. The van der Waals surface area contributed by atoms with E-state index in [9.17, 15) is 9.59 Å². The number of hydrogen-bond acceptors (Lipinski definition) is 3. The topological polar surface area (TPSA) is 43.4 Å². The molecule has 0 aliphatic carbocycles. The molecule has 1 heterocycles. The lowest BCUT2D eigenvalue weighted by molar-refractivity contribution is -0.153. The molecule has 1 rings (SSSR count). The van der Waals surface area contributed by atoms with Crippen molar-refractivity contribution in [3.8, 4) is 0 Å². The Kier molecular flexibility index (Phi) is 5.66. The number of esters is 2. The number of cyclic esters (lactones) is 2. The van der Waals surface area contributed by atoms with Crippen LogP contribution >= 0.6 is 0 Å². The number of carbonyl (C=O) groups excluding carboxylic acids is 2. The van der Waals surface area contributed by atoms with Crippen molar-refractivity contribution in [3.05, 3.63) is 0 Å². The van der Waals surface area contributed by atoms with Crippen LogP contribution in [0.1, 0.15) is 59.3 Å². The van der Waals surface area contributed by atoms with E-state index in [0.29, 0.717) is 5.92 Å². The molecule has 3 atom stereocenters. The Hall–Kier alpha value is -0.860. The van der Waals surface area contributed by atoms with E-state index in [4.69, 9.17) is 0 Å². The molecule has 0 radical (unpaired) electrons. The van der Waals surface area contributed by atoms with Crippen LogP contribution in [-0.2, 0) is 14.3 Å². The number of ether oxygens (including phenoxy) is 1. The van der Waals surface area contributed by atoms with Crippen molar-refractivity contribution >= 4 is 11.9 Å². The number of hydrogen-bond donors (Lipinski definition) is 0. The normalized spacial score (nSPS) is 26.1. The van der Waals surface area contributed by atoms with Gasteiger partial charge in [-0.05, 0) is 12.3 Å². The second kappa shape index (κ2) is 6.77. The van der Waals surface area contributed by atoms with Gasteiger partial charge in [-0.15, -0.1) is 0 Å². The molecule has 1 fully saturated rings. The highest BCUT2D eigenvalue weighted by Gasteiger charge is 2.41.